The van der Waals surface area contributed by atoms with Gasteiger partial charge in [0.2, 0.25) is 5.16 Å². The molecule has 0 aliphatic carbocycles. The Labute approximate surface area is 101 Å². The van der Waals surface area contributed by atoms with Crippen molar-refractivity contribution >= 4 is 23.4 Å². The Bertz CT molecular complexity index is 525. The summed E-state index contributed by atoms with van der Waals surface area (Å²) in [4.78, 5) is 0. The zero-order valence-corrected chi connectivity index (χ0v) is 10.5. The SMILES string of the molecule is Cc1c(Cl)nnc(Sc2nnnn2C)c1C. The molecule has 0 bridgehead atoms. The highest BCUT2D eigenvalue weighted by molar-refractivity contribution is 7.99. The van der Waals surface area contributed by atoms with E-state index in [0.717, 1.165) is 16.2 Å². The van der Waals surface area contributed by atoms with E-state index in [9.17, 15) is 0 Å². The summed E-state index contributed by atoms with van der Waals surface area (Å²) in [6, 6.07) is 0. The maximum absolute atomic E-state index is 5.87. The van der Waals surface area contributed by atoms with Crippen LogP contribution in [0.1, 0.15) is 11.1 Å². The standard InChI is InChI=1S/C8H9ClN6S/c1-4-5(2)7(11-10-6(4)9)16-8-12-13-14-15(8)3/h1-3H3. The molecule has 8 heteroatoms. The third kappa shape index (κ3) is 2.00. The molecule has 0 N–H and O–H groups in total. The second-order valence-electron chi connectivity index (χ2n) is 3.23. The summed E-state index contributed by atoms with van der Waals surface area (Å²) >= 11 is 7.24. The molecule has 2 heterocycles. The van der Waals surface area contributed by atoms with Crippen molar-refractivity contribution in [1.29, 1.82) is 0 Å². The highest BCUT2D eigenvalue weighted by Crippen LogP contribution is 2.28. The lowest BCUT2D eigenvalue weighted by atomic mass is 10.2. The molecule has 0 saturated carbocycles. The Hall–Kier alpha value is -1.21. The Morgan fingerprint density at radius 2 is 1.88 bits per heavy atom. The van der Waals surface area contributed by atoms with Crippen LogP contribution in [0.5, 0.6) is 0 Å². The molecule has 0 aliphatic rings. The third-order valence-electron chi connectivity index (χ3n) is 2.19. The van der Waals surface area contributed by atoms with Crippen molar-refractivity contribution in [3.8, 4) is 0 Å². The summed E-state index contributed by atoms with van der Waals surface area (Å²) in [5, 5.41) is 20.9. The molecule has 84 valence electrons. The first kappa shape index (κ1) is 11.3. The number of nitrogens with zero attached hydrogens (tertiary/aromatic N) is 6. The topological polar surface area (TPSA) is 69.4 Å². The number of tetrazole rings is 1. The van der Waals surface area contributed by atoms with E-state index in [2.05, 4.69) is 25.7 Å². The van der Waals surface area contributed by atoms with Gasteiger partial charge < -0.3 is 0 Å². The molecular weight excluding hydrogens is 248 g/mol. The molecule has 0 aromatic carbocycles. The van der Waals surface area contributed by atoms with Gasteiger partial charge in [0, 0.05) is 7.05 Å². The fourth-order valence-corrected chi connectivity index (χ4v) is 2.03. The summed E-state index contributed by atoms with van der Waals surface area (Å²) in [6.07, 6.45) is 0. The predicted molar refractivity (Wildman–Crippen MR) is 59.4 cm³/mol. The second-order valence-corrected chi connectivity index (χ2v) is 4.55. The van der Waals surface area contributed by atoms with Gasteiger partial charge in [-0.05, 0) is 47.2 Å². The summed E-state index contributed by atoms with van der Waals surface area (Å²) in [5.74, 6) is 0. The van der Waals surface area contributed by atoms with Crippen molar-refractivity contribution in [3.05, 3.63) is 16.3 Å². The highest BCUT2D eigenvalue weighted by Gasteiger charge is 2.12. The van der Waals surface area contributed by atoms with Crippen LogP contribution in [0.2, 0.25) is 5.15 Å². The molecule has 2 aromatic heterocycles. The van der Waals surface area contributed by atoms with Crippen LogP contribution in [0.4, 0.5) is 0 Å². The normalized spacial score (nSPS) is 10.8. The summed E-state index contributed by atoms with van der Waals surface area (Å²) < 4.78 is 1.58. The highest BCUT2D eigenvalue weighted by atomic mass is 35.5. The van der Waals surface area contributed by atoms with E-state index in [1.54, 1.807) is 11.7 Å². The quantitative estimate of drug-likeness (QED) is 0.809. The molecule has 0 radical (unpaired) electrons. The van der Waals surface area contributed by atoms with E-state index in [-0.39, 0.29) is 0 Å². The molecule has 0 fully saturated rings. The lowest BCUT2D eigenvalue weighted by molar-refractivity contribution is 0.663. The van der Waals surface area contributed by atoms with Gasteiger partial charge in [-0.2, -0.15) is 0 Å². The molecule has 6 nitrogen and oxygen atoms in total. The molecule has 0 spiro atoms. The van der Waals surface area contributed by atoms with Crippen molar-refractivity contribution < 1.29 is 0 Å². The minimum absolute atomic E-state index is 0.429. The molecule has 16 heavy (non-hydrogen) atoms. The van der Waals surface area contributed by atoms with Gasteiger partial charge >= 0.3 is 0 Å². The Morgan fingerprint density at radius 3 is 2.50 bits per heavy atom. The molecule has 0 unspecified atom stereocenters. The van der Waals surface area contributed by atoms with Gasteiger partial charge in [-0.3, -0.25) is 0 Å². The number of aryl methyl sites for hydroxylation is 1. The first-order valence-corrected chi connectivity index (χ1v) is 5.68. The predicted octanol–water partition coefficient (Wildman–Crippen LogP) is 1.42. The first-order valence-electron chi connectivity index (χ1n) is 4.49. The fourth-order valence-electron chi connectivity index (χ4n) is 1.05. The number of hydrogen-bond acceptors (Lipinski definition) is 6. The summed E-state index contributed by atoms with van der Waals surface area (Å²) in [5.41, 5.74) is 1.92. The van der Waals surface area contributed by atoms with Gasteiger partial charge in [-0.25, -0.2) is 4.68 Å². The largest absolute Gasteiger partial charge is 0.223 e. The van der Waals surface area contributed by atoms with Crippen LogP contribution in [0.3, 0.4) is 0 Å². The summed E-state index contributed by atoms with van der Waals surface area (Å²) in [7, 11) is 1.77. The number of hydrogen-bond donors (Lipinski definition) is 0. The minimum Gasteiger partial charge on any atom is -0.223 e. The van der Waals surface area contributed by atoms with Crippen LogP contribution >= 0.6 is 23.4 Å². The van der Waals surface area contributed by atoms with Crippen molar-refractivity contribution in [2.45, 2.75) is 24.0 Å². The Kier molecular flexibility index (Phi) is 3.06. The van der Waals surface area contributed by atoms with Gasteiger partial charge in [0.1, 0.15) is 5.03 Å². The van der Waals surface area contributed by atoms with E-state index in [0.29, 0.717) is 10.3 Å². The molecule has 2 aromatic rings. The lowest BCUT2D eigenvalue weighted by Crippen LogP contribution is -1.98. The average Bonchev–Trinajstić information content (AvgIpc) is 2.65. The molecule has 2 rings (SSSR count). The van der Waals surface area contributed by atoms with Gasteiger partial charge in [0.15, 0.2) is 5.15 Å². The van der Waals surface area contributed by atoms with E-state index in [1.165, 1.54) is 11.8 Å². The second kappa shape index (κ2) is 4.34. The van der Waals surface area contributed by atoms with Crippen LogP contribution in [-0.2, 0) is 7.05 Å². The fraction of sp³-hybridized carbons (Fsp3) is 0.375. The monoisotopic (exact) mass is 256 g/mol. The Balaban J connectivity index is 2.36. The average molecular weight is 257 g/mol. The number of halogens is 1. The Morgan fingerprint density at radius 1 is 1.12 bits per heavy atom. The maximum Gasteiger partial charge on any atom is 0.215 e. The van der Waals surface area contributed by atoms with Crippen molar-refractivity contribution in [3.63, 3.8) is 0 Å². The zero-order valence-electron chi connectivity index (χ0n) is 8.97. The molecule has 0 aliphatic heterocycles. The van der Waals surface area contributed by atoms with Crippen LogP contribution in [0.25, 0.3) is 0 Å². The van der Waals surface area contributed by atoms with Crippen LogP contribution < -0.4 is 0 Å². The lowest BCUT2D eigenvalue weighted by Gasteiger charge is -2.05. The maximum atomic E-state index is 5.87. The van der Waals surface area contributed by atoms with Gasteiger partial charge in [-0.15, -0.1) is 15.3 Å². The van der Waals surface area contributed by atoms with Gasteiger partial charge in [0.05, 0.1) is 0 Å². The number of aromatic nitrogens is 6. The molecule has 0 amide bonds. The third-order valence-corrected chi connectivity index (χ3v) is 3.66. The molecular formula is C8H9ClN6S. The van der Waals surface area contributed by atoms with Crippen LogP contribution in [-0.4, -0.2) is 30.4 Å². The summed E-state index contributed by atoms with van der Waals surface area (Å²) in [6.45, 7) is 3.85. The van der Waals surface area contributed by atoms with Crippen molar-refractivity contribution in [2.24, 2.45) is 7.05 Å². The smallest absolute Gasteiger partial charge is 0.215 e. The minimum atomic E-state index is 0.429. The molecule has 0 atom stereocenters. The van der Waals surface area contributed by atoms with E-state index < -0.39 is 0 Å². The van der Waals surface area contributed by atoms with Crippen LogP contribution in [0.15, 0.2) is 10.2 Å². The van der Waals surface area contributed by atoms with E-state index >= 15 is 0 Å². The van der Waals surface area contributed by atoms with Crippen LogP contribution in [0, 0.1) is 13.8 Å². The van der Waals surface area contributed by atoms with Gasteiger partial charge in [0.25, 0.3) is 0 Å². The molecule has 0 saturated heterocycles. The van der Waals surface area contributed by atoms with E-state index in [4.69, 9.17) is 11.6 Å². The van der Waals surface area contributed by atoms with Gasteiger partial charge in [-0.1, -0.05) is 11.6 Å². The van der Waals surface area contributed by atoms with Crippen molar-refractivity contribution in [1.82, 2.24) is 30.4 Å². The zero-order chi connectivity index (χ0) is 11.7. The number of rotatable bonds is 2. The van der Waals surface area contributed by atoms with Crippen molar-refractivity contribution in [2.75, 3.05) is 0 Å². The first-order chi connectivity index (χ1) is 7.59. The van der Waals surface area contributed by atoms with E-state index in [1.807, 2.05) is 13.8 Å².